The number of rotatable bonds is 9. The number of aromatic nitrogens is 3. The Balaban J connectivity index is 1.58. The van der Waals surface area contributed by atoms with Crippen molar-refractivity contribution < 1.29 is 14.6 Å². The summed E-state index contributed by atoms with van der Waals surface area (Å²) in [5.74, 6) is 2.85. The summed E-state index contributed by atoms with van der Waals surface area (Å²) in [4.78, 5) is 28.4. The summed E-state index contributed by atoms with van der Waals surface area (Å²) in [7, 11) is 1.94. The molecular formula is C23H30N4O3. The largest absolute Gasteiger partial charge is 0.490 e. The molecular weight excluding hydrogens is 380 g/mol. The number of ketones is 1. The van der Waals surface area contributed by atoms with Gasteiger partial charge < -0.3 is 14.7 Å². The zero-order valence-corrected chi connectivity index (χ0v) is 18.0. The van der Waals surface area contributed by atoms with E-state index in [0.717, 1.165) is 36.3 Å². The van der Waals surface area contributed by atoms with Crippen molar-refractivity contribution >= 4 is 11.6 Å². The number of hydrogen-bond donors (Lipinski definition) is 1. The SMILES string of the molecule is CN(CC(=O)CC1CC1)c1nc(-c2cc(OCC(C)(C)O)ccn2)nc2c1CCC2. The van der Waals surface area contributed by atoms with Crippen LogP contribution in [-0.4, -0.2) is 51.6 Å². The van der Waals surface area contributed by atoms with E-state index < -0.39 is 5.60 Å². The van der Waals surface area contributed by atoms with Crippen LogP contribution in [-0.2, 0) is 17.6 Å². The summed E-state index contributed by atoms with van der Waals surface area (Å²) in [6, 6.07) is 3.55. The topological polar surface area (TPSA) is 88.4 Å². The van der Waals surface area contributed by atoms with Crippen LogP contribution in [0.5, 0.6) is 5.75 Å². The Kier molecular flexibility index (Phi) is 5.73. The van der Waals surface area contributed by atoms with Gasteiger partial charge in [0.05, 0.1) is 12.1 Å². The molecule has 30 heavy (non-hydrogen) atoms. The monoisotopic (exact) mass is 410 g/mol. The third-order valence-corrected chi connectivity index (χ3v) is 5.45. The van der Waals surface area contributed by atoms with Crippen molar-refractivity contribution in [2.75, 3.05) is 25.1 Å². The quantitative estimate of drug-likeness (QED) is 0.680. The van der Waals surface area contributed by atoms with Crippen LogP contribution in [0.4, 0.5) is 5.82 Å². The second-order valence-corrected chi connectivity index (χ2v) is 9.17. The number of likely N-dealkylation sites (N-methyl/N-ethyl adjacent to an activating group) is 1. The molecule has 0 amide bonds. The first-order valence-electron chi connectivity index (χ1n) is 10.7. The molecule has 0 saturated heterocycles. The summed E-state index contributed by atoms with van der Waals surface area (Å²) >= 11 is 0. The Bertz CT molecular complexity index is 935. The number of hydrogen-bond acceptors (Lipinski definition) is 7. The lowest BCUT2D eigenvalue weighted by atomic mass is 10.1. The Hall–Kier alpha value is -2.54. The molecule has 0 spiro atoms. The second kappa shape index (κ2) is 8.30. The second-order valence-electron chi connectivity index (χ2n) is 9.17. The Morgan fingerprint density at radius 2 is 2.10 bits per heavy atom. The molecule has 2 aliphatic rings. The maximum absolute atomic E-state index is 12.4. The molecule has 7 heteroatoms. The van der Waals surface area contributed by atoms with Gasteiger partial charge >= 0.3 is 0 Å². The number of Topliss-reactive ketones (excluding diaryl/α,β-unsaturated/α-hetero) is 1. The van der Waals surface area contributed by atoms with E-state index in [1.54, 1.807) is 32.2 Å². The van der Waals surface area contributed by atoms with Crippen LogP contribution in [0.1, 0.15) is 50.8 Å². The molecule has 0 aliphatic heterocycles. The van der Waals surface area contributed by atoms with Crippen molar-refractivity contribution in [3.8, 4) is 17.3 Å². The van der Waals surface area contributed by atoms with Crippen LogP contribution in [0.3, 0.4) is 0 Å². The third-order valence-electron chi connectivity index (χ3n) is 5.45. The van der Waals surface area contributed by atoms with E-state index in [2.05, 4.69) is 4.98 Å². The van der Waals surface area contributed by atoms with Gasteiger partial charge in [-0.05, 0) is 57.9 Å². The van der Waals surface area contributed by atoms with Gasteiger partial charge in [-0.1, -0.05) is 0 Å². The van der Waals surface area contributed by atoms with Gasteiger partial charge in [-0.3, -0.25) is 9.78 Å². The molecule has 0 atom stereocenters. The van der Waals surface area contributed by atoms with Crippen LogP contribution in [0, 0.1) is 5.92 Å². The molecule has 2 heterocycles. The van der Waals surface area contributed by atoms with Crippen LogP contribution < -0.4 is 9.64 Å². The smallest absolute Gasteiger partial charge is 0.180 e. The van der Waals surface area contributed by atoms with Crippen LogP contribution >= 0.6 is 0 Å². The van der Waals surface area contributed by atoms with E-state index in [1.807, 2.05) is 11.9 Å². The lowest BCUT2D eigenvalue weighted by Crippen LogP contribution is -2.28. The molecule has 7 nitrogen and oxygen atoms in total. The third kappa shape index (κ3) is 5.14. The minimum absolute atomic E-state index is 0.179. The highest BCUT2D eigenvalue weighted by atomic mass is 16.5. The zero-order valence-electron chi connectivity index (χ0n) is 18.0. The molecule has 2 aromatic heterocycles. The number of aryl methyl sites for hydroxylation is 1. The lowest BCUT2D eigenvalue weighted by molar-refractivity contribution is -0.118. The van der Waals surface area contributed by atoms with Crippen LogP contribution in [0.2, 0.25) is 0 Å². The number of anilines is 1. The summed E-state index contributed by atoms with van der Waals surface area (Å²) in [5.41, 5.74) is 1.89. The van der Waals surface area contributed by atoms with E-state index in [-0.39, 0.29) is 12.4 Å². The number of pyridine rings is 1. The molecule has 1 fully saturated rings. The zero-order chi connectivity index (χ0) is 21.3. The minimum atomic E-state index is -0.920. The predicted molar refractivity (Wildman–Crippen MR) is 115 cm³/mol. The van der Waals surface area contributed by atoms with Gasteiger partial charge in [0.25, 0.3) is 0 Å². The van der Waals surface area contributed by atoms with Gasteiger partial charge in [0.2, 0.25) is 0 Å². The van der Waals surface area contributed by atoms with Crippen molar-refractivity contribution in [2.45, 2.75) is 58.0 Å². The highest BCUT2D eigenvalue weighted by Crippen LogP contribution is 2.34. The maximum Gasteiger partial charge on any atom is 0.180 e. The standard InChI is InChI=1S/C23H30N4O3/c1-23(2,29)14-30-17-9-10-24-20(12-17)21-25-19-6-4-5-18(19)22(26-21)27(3)13-16(28)11-15-7-8-15/h9-10,12,15,29H,4-8,11,13-14H2,1-3H3. The average Bonchev–Trinajstić information content (AvgIpc) is 3.37. The van der Waals surface area contributed by atoms with Crippen molar-refractivity contribution in [1.82, 2.24) is 15.0 Å². The fraction of sp³-hybridized carbons (Fsp3) is 0.565. The number of aliphatic hydroxyl groups is 1. The highest BCUT2D eigenvalue weighted by Gasteiger charge is 2.27. The molecule has 1 saturated carbocycles. The molecule has 0 radical (unpaired) electrons. The molecule has 1 N–H and O–H groups in total. The summed E-state index contributed by atoms with van der Waals surface area (Å²) < 4.78 is 5.70. The number of nitrogens with zero attached hydrogens (tertiary/aromatic N) is 4. The molecule has 0 bridgehead atoms. The van der Waals surface area contributed by atoms with E-state index >= 15 is 0 Å². The molecule has 0 aromatic carbocycles. The first-order chi connectivity index (χ1) is 14.3. The number of carbonyl (C=O) groups excluding carboxylic acids is 1. The normalized spacial score (nSPS) is 15.7. The molecule has 160 valence electrons. The van der Waals surface area contributed by atoms with Gasteiger partial charge in [-0.15, -0.1) is 0 Å². The molecule has 0 unspecified atom stereocenters. The van der Waals surface area contributed by atoms with Crippen LogP contribution in [0.15, 0.2) is 18.3 Å². The van der Waals surface area contributed by atoms with Gasteiger partial charge in [0.1, 0.15) is 23.9 Å². The van der Waals surface area contributed by atoms with Crippen molar-refractivity contribution in [3.63, 3.8) is 0 Å². The van der Waals surface area contributed by atoms with E-state index in [9.17, 15) is 9.90 Å². The Morgan fingerprint density at radius 3 is 2.83 bits per heavy atom. The van der Waals surface area contributed by atoms with Gasteiger partial charge in [-0.25, -0.2) is 9.97 Å². The molecule has 4 rings (SSSR count). The van der Waals surface area contributed by atoms with Gasteiger partial charge in [-0.2, -0.15) is 0 Å². The molecule has 2 aromatic rings. The molecule has 2 aliphatic carbocycles. The van der Waals surface area contributed by atoms with Crippen molar-refractivity contribution in [2.24, 2.45) is 5.92 Å². The fourth-order valence-electron chi connectivity index (χ4n) is 3.77. The first-order valence-corrected chi connectivity index (χ1v) is 10.7. The lowest BCUT2D eigenvalue weighted by Gasteiger charge is -2.21. The average molecular weight is 411 g/mol. The van der Waals surface area contributed by atoms with Gasteiger partial charge in [0, 0.05) is 37.0 Å². The number of fused-ring (bicyclic) bond motifs is 1. The van der Waals surface area contributed by atoms with Crippen molar-refractivity contribution in [3.05, 3.63) is 29.6 Å². The Morgan fingerprint density at radius 1 is 1.30 bits per heavy atom. The van der Waals surface area contributed by atoms with E-state index in [0.29, 0.717) is 36.2 Å². The highest BCUT2D eigenvalue weighted by molar-refractivity contribution is 5.84. The van der Waals surface area contributed by atoms with Crippen LogP contribution in [0.25, 0.3) is 11.5 Å². The van der Waals surface area contributed by atoms with E-state index in [1.165, 1.54) is 12.8 Å². The minimum Gasteiger partial charge on any atom is -0.490 e. The predicted octanol–water partition coefficient (Wildman–Crippen LogP) is 2.98. The van der Waals surface area contributed by atoms with Gasteiger partial charge in [0.15, 0.2) is 11.6 Å². The van der Waals surface area contributed by atoms with Crippen molar-refractivity contribution in [1.29, 1.82) is 0 Å². The summed E-state index contributed by atoms with van der Waals surface area (Å²) in [6.07, 6.45) is 7.60. The number of ether oxygens (including phenoxy) is 1. The fourth-order valence-corrected chi connectivity index (χ4v) is 3.77. The Labute approximate surface area is 177 Å². The summed E-state index contributed by atoms with van der Waals surface area (Å²) in [6.45, 7) is 3.96. The first kappa shape index (κ1) is 20.7. The van der Waals surface area contributed by atoms with E-state index in [4.69, 9.17) is 14.7 Å². The number of carbonyl (C=O) groups is 1. The summed E-state index contributed by atoms with van der Waals surface area (Å²) in [5, 5.41) is 9.90. The maximum atomic E-state index is 12.4.